The van der Waals surface area contributed by atoms with E-state index < -0.39 is 0 Å². The largest absolute Gasteiger partial charge is 0.624 e. The van der Waals surface area contributed by atoms with Crippen molar-refractivity contribution in [3.63, 3.8) is 0 Å². The maximum Gasteiger partial charge on any atom is 0.165 e. The third-order valence-corrected chi connectivity index (χ3v) is 5.10. The highest BCUT2D eigenvalue weighted by molar-refractivity contribution is 5.52. The molecule has 0 spiro atoms. The Morgan fingerprint density at radius 1 is 0.957 bits per heavy atom. The molecule has 1 N–H and O–H groups in total. The third kappa shape index (κ3) is 10.8. The third-order valence-electron chi connectivity index (χ3n) is 5.10. The highest BCUT2D eigenvalue weighted by Gasteiger charge is 2.24. The number of nitrogens with zero attached hydrogens (tertiary/aromatic N) is 1. The lowest BCUT2D eigenvalue weighted by Gasteiger charge is -2.15. The van der Waals surface area contributed by atoms with Crippen molar-refractivity contribution >= 4 is 6.21 Å². The van der Waals surface area contributed by atoms with Gasteiger partial charge in [-0.3, -0.25) is 0 Å². The van der Waals surface area contributed by atoms with Crippen LogP contribution in [-0.2, 0) is 0 Å². The summed E-state index contributed by atoms with van der Waals surface area (Å²) in [6.45, 7) is 2.27. The second-order valence-corrected chi connectivity index (χ2v) is 7.34. The molecule has 23 heavy (non-hydrogen) atoms. The summed E-state index contributed by atoms with van der Waals surface area (Å²) in [6, 6.07) is 0.0299. The summed E-state index contributed by atoms with van der Waals surface area (Å²) in [5, 5.41) is 21.4. The number of hydroxylamine groups is 1. The van der Waals surface area contributed by atoms with Gasteiger partial charge in [-0.25, -0.2) is 4.74 Å². The van der Waals surface area contributed by atoms with Crippen molar-refractivity contribution in [1.29, 1.82) is 0 Å². The molecule has 0 saturated carbocycles. The molecule has 0 aromatic heterocycles. The van der Waals surface area contributed by atoms with E-state index in [-0.39, 0.29) is 12.1 Å². The number of rotatable bonds is 15. The van der Waals surface area contributed by atoms with Gasteiger partial charge in [0, 0.05) is 19.3 Å². The summed E-state index contributed by atoms with van der Waals surface area (Å²) >= 11 is 0. The van der Waals surface area contributed by atoms with E-state index in [1.165, 1.54) is 70.6 Å². The lowest BCUT2D eigenvalue weighted by Crippen LogP contribution is -2.23. The van der Waals surface area contributed by atoms with Crippen LogP contribution in [0.5, 0.6) is 0 Å². The van der Waals surface area contributed by atoms with Crippen LogP contribution in [0, 0.1) is 5.21 Å². The van der Waals surface area contributed by atoms with Crippen LogP contribution in [0.3, 0.4) is 0 Å². The highest BCUT2D eigenvalue weighted by Crippen LogP contribution is 2.17. The standard InChI is InChI=1S/C20H39NO2/c1-2-3-4-5-6-7-8-9-10-11-12-13-16-20(22)18-19-15-14-17-21(19)23/h17,19-20,22H,2-16,18H2,1H3/t19?,20-/m1/s1. The number of hydrogen-bond acceptors (Lipinski definition) is 2. The van der Waals surface area contributed by atoms with E-state index >= 15 is 0 Å². The van der Waals surface area contributed by atoms with Crippen LogP contribution in [0.25, 0.3) is 0 Å². The summed E-state index contributed by atoms with van der Waals surface area (Å²) < 4.78 is 1.05. The Morgan fingerprint density at radius 3 is 1.96 bits per heavy atom. The summed E-state index contributed by atoms with van der Waals surface area (Å²) in [7, 11) is 0. The summed E-state index contributed by atoms with van der Waals surface area (Å²) in [4.78, 5) is 0. The Hall–Kier alpha value is -0.570. The topological polar surface area (TPSA) is 46.3 Å². The molecule has 1 aliphatic rings. The van der Waals surface area contributed by atoms with E-state index in [9.17, 15) is 10.3 Å². The van der Waals surface area contributed by atoms with Crippen LogP contribution in [0.15, 0.2) is 0 Å². The van der Waals surface area contributed by atoms with E-state index in [1.54, 1.807) is 6.21 Å². The van der Waals surface area contributed by atoms with Gasteiger partial charge in [-0.1, -0.05) is 84.0 Å². The second-order valence-electron chi connectivity index (χ2n) is 7.34. The summed E-state index contributed by atoms with van der Waals surface area (Å²) in [5.74, 6) is 0. The van der Waals surface area contributed by atoms with Crippen molar-refractivity contribution < 1.29 is 9.85 Å². The molecule has 0 aliphatic carbocycles. The quantitative estimate of drug-likeness (QED) is 0.243. The summed E-state index contributed by atoms with van der Waals surface area (Å²) in [6.07, 6.45) is 20.9. The molecule has 3 heteroatoms. The number of aliphatic hydroxyl groups excluding tert-OH is 1. The normalized spacial score (nSPS) is 19.0. The molecule has 1 unspecified atom stereocenters. The second kappa shape index (κ2) is 13.8. The van der Waals surface area contributed by atoms with Crippen molar-refractivity contribution in [1.82, 2.24) is 0 Å². The lowest BCUT2D eigenvalue weighted by atomic mass is 10.0. The molecule has 3 nitrogen and oxygen atoms in total. The van der Waals surface area contributed by atoms with Gasteiger partial charge in [0.15, 0.2) is 12.3 Å². The first-order valence-electron chi connectivity index (χ1n) is 10.2. The van der Waals surface area contributed by atoms with Crippen molar-refractivity contribution in [2.75, 3.05) is 0 Å². The van der Waals surface area contributed by atoms with Gasteiger partial charge >= 0.3 is 0 Å². The van der Waals surface area contributed by atoms with E-state index in [4.69, 9.17) is 0 Å². The van der Waals surface area contributed by atoms with Crippen molar-refractivity contribution in [2.24, 2.45) is 0 Å². The average Bonchev–Trinajstić information content (AvgIpc) is 2.93. The smallest absolute Gasteiger partial charge is 0.165 e. The number of unbranched alkanes of at least 4 members (excludes halogenated alkanes) is 11. The lowest BCUT2D eigenvalue weighted by molar-refractivity contribution is -0.491. The first kappa shape index (κ1) is 20.5. The van der Waals surface area contributed by atoms with Gasteiger partial charge in [-0.2, -0.15) is 0 Å². The van der Waals surface area contributed by atoms with Crippen molar-refractivity contribution in [3.05, 3.63) is 5.21 Å². The maximum absolute atomic E-state index is 11.4. The van der Waals surface area contributed by atoms with Crippen LogP contribution in [-0.4, -0.2) is 28.2 Å². The van der Waals surface area contributed by atoms with Gasteiger partial charge in [-0.15, -0.1) is 0 Å². The zero-order valence-electron chi connectivity index (χ0n) is 15.3. The molecule has 1 aliphatic heterocycles. The number of hydrogen-bond donors (Lipinski definition) is 1. The van der Waals surface area contributed by atoms with E-state index in [0.29, 0.717) is 6.42 Å². The molecule has 0 amide bonds. The minimum atomic E-state index is -0.286. The van der Waals surface area contributed by atoms with E-state index in [0.717, 1.165) is 30.4 Å². The van der Waals surface area contributed by atoms with E-state index in [1.807, 2.05) is 0 Å². The molecule has 0 radical (unpaired) electrons. The van der Waals surface area contributed by atoms with Crippen LogP contribution in [0.2, 0.25) is 0 Å². The molecular weight excluding hydrogens is 286 g/mol. The Labute approximate surface area is 143 Å². The van der Waals surface area contributed by atoms with Crippen LogP contribution in [0.4, 0.5) is 0 Å². The molecule has 136 valence electrons. The molecule has 0 fully saturated rings. The molecule has 0 aromatic carbocycles. The van der Waals surface area contributed by atoms with Gasteiger partial charge in [0.05, 0.1) is 6.10 Å². The molecule has 0 aromatic rings. The average molecular weight is 326 g/mol. The van der Waals surface area contributed by atoms with Gasteiger partial charge in [0.2, 0.25) is 0 Å². The van der Waals surface area contributed by atoms with Crippen LogP contribution < -0.4 is 0 Å². The van der Waals surface area contributed by atoms with Gasteiger partial charge in [0.25, 0.3) is 0 Å². The first-order valence-corrected chi connectivity index (χ1v) is 10.2. The molecule has 1 heterocycles. The van der Waals surface area contributed by atoms with Crippen molar-refractivity contribution in [2.45, 2.75) is 122 Å². The van der Waals surface area contributed by atoms with Crippen molar-refractivity contribution in [3.8, 4) is 0 Å². The van der Waals surface area contributed by atoms with Gasteiger partial charge in [0.1, 0.15) is 0 Å². The fraction of sp³-hybridized carbons (Fsp3) is 0.950. The fourth-order valence-corrected chi connectivity index (χ4v) is 3.55. The van der Waals surface area contributed by atoms with Crippen LogP contribution >= 0.6 is 0 Å². The first-order chi connectivity index (χ1) is 11.2. The molecule has 1 rings (SSSR count). The molecule has 0 bridgehead atoms. The molecular formula is C20H39NO2. The van der Waals surface area contributed by atoms with Crippen LogP contribution in [0.1, 0.15) is 110 Å². The Balaban J connectivity index is 1.80. The zero-order chi connectivity index (χ0) is 16.8. The Kier molecular flexibility index (Phi) is 12.3. The fourth-order valence-electron chi connectivity index (χ4n) is 3.55. The molecule has 0 saturated heterocycles. The van der Waals surface area contributed by atoms with Gasteiger partial charge in [-0.05, 0) is 6.42 Å². The monoisotopic (exact) mass is 325 g/mol. The predicted octanol–water partition coefficient (Wildman–Crippen LogP) is 5.57. The minimum Gasteiger partial charge on any atom is -0.624 e. The number of aliphatic hydroxyl groups is 1. The summed E-state index contributed by atoms with van der Waals surface area (Å²) in [5.41, 5.74) is 0. The predicted molar refractivity (Wildman–Crippen MR) is 99.0 cm³/mol. The Morgan fingerprint density at radius 2 is 1.48 bits per heavy atom. The minimum absolute atomic E-state index is 0.0299. The van der Waals surface area contributed by atoms with Gasteiger partial charge < -0.3 is 10.3 Å². The SMILES string of the molecule is CCCCCCCCCCCCCC[C@@H](O)CC1CCC=[N+]1[O-]. The molecule has 2 atom stereocenters. The Bertz CT molecular complexity index is 304. The maximum atomic E-state index is 11.4. The zero-order valence-corrected chi connectivity index (χ0v) is 15.3. The van der Waals surface area contributed by atoms with E-state index in [2.05, 4.69) is 6.92 Å². The highest BCUT2D eigenvalue weighted by atomic mass is 16.5.